The molecule has 2 nitrogen and oxygen atoms in total. The van der Waals surface area contributed by atoms with E-state index in [9.17, 15) is 9.50 Å². The quantitative estimate of drug-likeness (QED) is 0.812. The molecule has 1 saturated carbocycles. The number of halogens is 1. The van der Waals surface area contributed by atoms with Crippen LogP contribution in [-0.2, 0) is 0 Å². The van der Waals surface area contributed by atoms with E-state index in [1.165, 1.54) is 12.1 Å². The lowest BCUT2D eigenvalue weighted by atomic mass is 9.95. The molecule has 0 bridgehead atoms. The van der Waals surface area contributed by atoms with Crippen molar-refractivity contribution in [3.63, 3.8) is 0 Å². The van der Waals surface area contributed by atoms with Crippen molar-refractivity contribution in [1.29, 1.82) is 0 Å². The molecule has 0 atom stereocenters. The molecule has 1 aliphatic rings. The van der Waals surface area contributed by atoms with Crippen LogP contribution in [0.1, 0.15) is 25.7 Å². The zero-order valence-electron chi connectivity index (χ0n) is 8.53. The van der Waals surface area contributed by atoms with Crippen molar-refractivity contribution in [3.05, 3.63) is 30.1 Å². The second kappa shape index (κ2) is 4.62. The van der Waals surface area contributed by atoms with Crippen LogP contribution in [0.2, 0.25) is 0 Å². The minimum Gasteiger partial charge on any atom is -0.490 e. The Morgan fingerprint density at radius 1 is 1.20 bits per heavy atom. The molecular formula is C12H15FO2. The maximum Gasteiger partial charge on any atom is 0.126 e. The molecule has 0 heterocycles. The molecule has 0 aromatic heterocycles. The fourth-order valence-corrected chi connectivity index (χ4v) is 1.90. The van der Waals surface area contributed by atoms with Gasteiger partial charge in [0.25, 0.3) is 0 Å². The topological polar surface area (TPSA) is 29.5 Å². The standard InChI is InChI=1S/C12H15FO2/c13-9-2-1-3-12(8-9)15-11-6-4-10(14)5-7-11/h1-3,8,10-11,14H,4-7H2. The lowest BCUT2D eigenvalue weighted by Crippen LogP contribution is -2.26. The molecule has 82 valence electrons. The van der Waals surface area contributed by atoms with E-state index >= 15 is 0 Å². The summed E-state index contributed by atoms with van der Waals surface area (Å²) < 4.78 is 18.5. The zero-order chi connectivity index (χ0) is 10.7. The Balaban J connectivity index is 1.92. The number of rotatable bonds is 2. The van der Waals surface area contributed by atoms with Crippen LogP contribution >= 0.6 is 0 Å². The summed E-state index contributed by atoms with van der Waals surface area (Å²) in [4.78, 5) is 0. The van der Waals surface area contributed by atoms with Crippen molar-refractivity contribution in [2.75, 3.05) is 0 Å². The zero-order valence-corrected chi connectivity index (χ0v) is 8.53. The van der Waals surface area contributed by atoms with E-state index in [1.807, 2.05) is 0 Å². The third-order valence-electron chi connectivity index (χ3n) is 2.74. The Morgan fingerprint density at radius 3 is 2.60 bits per heavy atom. The average molecular weight is 210 g/mol. The summed E-state index contributed by atoms with van der Waals surface area (Å²) in [7, 11) is 0. The first-order valence-electron chi connectivity index (χ1n) is 5.34. The van der Waals surface area contributed by atoms with E-state index in [0.717, 1.165) is 25.7 Å². The van der Waals surface area contributed by atoms with Crippen LogP contribution < -0.4 is 4.74 Å². The largest absolute Gasteiger partial charge is 0.490 e. The Kier molecular flexibility index (Phi) is 3.21. The van der Waals surface area contributed by atoms with Gasteiger partial charge in [0.15, 0.2) is 0 Å². The summed E-state index contributed by atoms with van der Waals surface area (Å²) in [5.41, 5.74) is 0. The van der Waals surface area contributed by atoms with Crippen molar-refractivity contribution < 1.29 is 14.2 Å². The Hall–Kier alpha value is -1.09. The highest BCUT2D eigenvalue weighted by Crippen LogP contribution is 2.23. The maximum absolute atomic E-state index is 12.9. The van der Waals surface area contributed by atoms with Gasteiger partial charge in [-0.2, -0.15) is 0 Å². The van der Waals surface area contributed by atoms with Crippen LogP contribution in [0.5, 0.6) is 5.75 Å². The number of aliphatic hydroxyl groups is 1. The molecule has 1 aromatic carbocycles. The molecule has 1 aliphatic carbocycles. The van der Waals surface area contributed by atoms with Crippen LogP contribution in [0.3, 0.4) is 0 Å². The second-order valence-corrected chi connectivity index (χ2v) is 4.01. The van der Waals surface area contributed by atoms with Gasteiger partial charge in [-0.05, 0) is 37.8 Å². The van der Waals surface area contributed by atoms with E-state index in [0.29, 0.717) is 5.75 Å². The van der Waals surface area contributed by atoms with Crippen LogP contribution in [0.4, 0.5) is 4.39 Å². The van der Waals surface area contributed by atoms with Crippen molar-refractivity contribution in [1.82, 2.24) is 0 Å². The third kappa shape index (κ3) is 2.93. The molecule has 1 aromatic rings. The molecule has 2 rings (SSSR count). The molecule has 0 saturated heterocycles. The highest BCUT2D eigenvalue weighted by atomic mass is 19.1. The molecule has 0 amide bonds. The maximum atomic E-state index is 12.9. The van der Waals surface area contributed by atoms with Gasteiger partial charge < -0.3 is 9.84 Å². The first kappa shape index (κ1) is 10.4. The summed E-state index contributed by atoms with van der Waals surface area (Å²) in [5, 5.41) is 9.32. The van der Waals surface area contributed by atoms with Gasteiger partial charge in [-0.15, -0.1) is 0 Å². The normalized spacial score (nSPS) is 26.3. The van der Waals surface area contributed by atoms with Gasteiger partial charge in [0.05, 0.1) is 12.2 Å². The first-order valence-corrected chi connectivity index (χ1v) is 5.34. The van der Waals surface area contributed by atoms with Gasteiger partial charge in [0, 0.05) is 6.07 Å². The van der Waals surface area contributed by atoms with Crippen molar-refractivity contribution >= 4 is 0 Å². The Labute approximate surface area is 88.7 Å². The first-order chi connectivity index (χ1) is 7.24. The van der Waals surface area contributed by atoms with Crippen molar-refractivity contribution in [2.24, 2.45) is 0 Å². The molecule has 0 aliphatic heterocycles. The Morgan fingerprint density at radius 2 is 1.93 bits per heavy atom. The van der Waals surface area contributed by atoms with Gasteiger partial charge in [0.2, 0.25) is 0 Å². The fraction of sp³-hybridized carbons (Fsp3) is 0.500. The lowest BCUT2D eigenvalue weighted by molar-refractivity contribution is 0.0664. The predicted molar refractivity (Wildman–Crippen MR) is 55.3 cm³/mol. The van der Waals surface area contributed by atoms with E-state index in [2.05, 4.69) is 0 Å². The van der Waals surface area contributed by atoms with Gasteiger partial charge >= 0.3 is 0 Å². The van der Waals surface area contributed by atoms with Gasteiger partial charge in [-0.25, -0.2) is 4.39 Å². The van der Waals surface area contributed by atoms with Crippen LogP contribution in [0, 0.1) is 5.82 Å². The molecule has 0 unspecified atom stereocenters. The predicted octanol–water partition coefficient (Wildman–Crippen LogP) is 2.51. The van der Waals surface area contributed by atoms with E-state index in [-0.39, 0.29) is 18.0 Å². The minimum atomic E-state index is -0.275. The lowest BCUT2D eigenvalue weighted by Gasteiger charge is -2.26. The summed E-state index contributed by atoms with van der Waals surface area (Å²) in [6.45, 7) is 0. The number of aliphatic hydroxyl groups excluding tert-OH is 1. The van der Waals surface area contributed by atoms with Gasteiger partial charge in [-0.1, -0.05) is 6.07 Å². The fourth-order valence-electron chi connectivity index (χ4n) is 1.90. The number of ether oxygens (including phenoxy) is 1. The summed E-state index contributed by atoms with van der Waals surface area (Å²) >= 11 is 0. The number of hydrogen-bond donors (Lipinski definition) is 1. The van der Waals surface area contributed by atoms with Crippen molar-refractivity contribution in [3.8, 4) is 5.75 Å². The minimum absolute atomic E-state index is 0.121. The highest BCUT2D eigenvalue weighted by Gasteiger charge is 2.20. The molecule has 15 heavy (non-hydrogen) atoms. The average Bonchev–Trinajstić information content (AvgIpc) is 2.22. The van der Waals surface area contributed by atoms with E-state index in [4.69, 9.17) is 4.74 Å². The molecule has 0 radical (unpaired) electrons. The molecule has 3 heteroatoms. The Bertz CT molecular complexity index is 319. The summed E-state index contributed by atoms with van der Waals surface area (Å²) in [6.07, 6.45) is 3.18. The molecule has 1 fully saturated rings. The van der Waals surface area contributed by atoms with Crippen LogP contribution in [0.15, 0.2) is 24.3 Å². The van der Waals surface area contributed by atoms with Crippen molar-refractivity contribution in [2.45, 2.75) is 37.9 Å². The number of hydrogen-bond acceptors (Lipinski definition) is 2. The van der Waals surface area contributed by atoms with E-state index in [1.54, 1.807) is 12.1 Å². The van der Waals surface area contributed by atoms with E-state index < -0.39 is 0 Å². The number of benzene rings is 1. The van der Waals surface area contributed by atoms with Gasteiger partial charge in [0.1, 0.15) is 11.6 Å². The molecule has 0 spiro atoms. The monoisotopic (exact) mass is 210 g/mol. The van der Waals surface area contributed by atoms with Crippen LogP contribution in [-0.4, -0.2) is 17.3 Å². The third-order valence-corrected chi connectivity index (χ3v) is 2.74. The smallest absolute Gasteiger partial charge is 0.126 e. The highest BCUT2D eigenvalue weighted by molar-refractivity contribution is 5.22. The SMILES string of the molecule is OC1CCC(Oc2cccc(F)c2)CC1. The summed E-state index contributed by atoms with van der Waals surface area (Å²) in [5.74, 6) is 0.305. The molecule has 1 N–H and O–H groups in total. The summed E-state index contributed by atoms with van der Waals surface area (Å²) in [6, 6.07) is 6.19. The second-order valence-electron chi connectivity index (χ2n) is 4.01. The van der Waals surface area contributed by atoms with Crippen LogP contribution in [0.25, 0.3) is 0 Å². The molecular weight excluding hydrogens is 195 g/mol. The van der Waals surface area contributed by atoms with Gasteiger partial charge in [-0.3, -0.25) is 0 Å².